The summed E-state index contributed by atoms with van der Waals surface area (Å²) in [4.78, 5) is 34.7. The molecular weight excluding hydrogens is 468 g/mol. The van der Waals surface area contributed by atoms with Crippen molar-refractivity contribution in [3.8, 4) is 17.2 Å². The predicted octanol–water partition coefficient (Wildman–Crippen LogP) is 4.20. The van der Waals surface area contributed by atoms with Crippen molar-refractivity contribution in [2.45, 2.75) is 6.42 Å². The van der Waals surface area contributed by atoms with Crippen LogP contribution >= 0.6 is 0 Å². The maximum atomic E-state index is 14.7. The number of anilines is 1. The minimum atomic E-state index is -0.681. The Balaban J connectivity index is 1.47. The third kappa shape index (κ3) is 4.31. The highest BCUT2D eigenvalue weighted by atomic mass is 19.1. The van der Waals surface area contributed by atoms with Crippen LogP contribution in [-0.2, 0) is 13.5 Å². The Morgan fingerprint density at radius 3 is 2.53 bits per heavy atom. The fourth-order valence-electron chi connectivity index (χ4n) is 3.90. The first-order valence-electron chi connectivity index (χ1n) is 10.8. The van der Waals surface area contributed by atoms with Crippen LogP contribution < -0.4 is 16.0 Å². The molecule has 36 heavy (non-hydrogen) atoms. The van der Waals surface area contributed by atoms with Crippen LogP contribution in [0.3, 0.4) is 0 Å². The first-order chi connectivity index (χ1) is 17.3. The molecular formula is C26H19F2N5O3. The Labute approximate surface area is 203 Å². The second-order valence-electron chi connectivity index (χ2n) is 8.12. The zero-order valence-electron chi connectivity index (χ0n) is 19.0. The van der Waals surface area contributed by atoms with E-state index in [1.54, 1.807) is 17.7 Å². The molecule has 0 radical (unpaired) electrons. The van der Waals surface area contributed by atoms with Crippen molar-refractivity contribution in [1.29, 1.82) is 0 Å². The van der Waals surface area contributed by atoms with Gasteiger partial charge in [-0.3, -0.25) is 14.2 Å². The standard InChI is InChI=1S/C26H19F2N5O3/c1-32-14-31-21-13-19(26(35)33(25(21)32)17-5-3-16(27)4-6-17)22(34)11-15-2-7-23(20(28)10-15)36-18-8-9-30-24(29)12-18/h2-10,12-14H,11H2,1H3,(H2,29,30). The number of benzene rings is 2. The average Bonchev–Trinajstić information content (AvgIpc) is 3.21. The van der Waals surface area contributed by atoms with Gasteiger partial charge in [0, 0.05) is 25.7 Å². The maximum absolute atomic E-state index is 14.7. The van der Waals surface area contributed by atoms with E-state index in [4.69, 9.17) is 10.5 Å². The summed E-state index contributed by atoms with van der Waals surface area (Å²) < 4.78 is 36.6. The first kappa shape index (κ1) is 22.9. The van der Waals surface area contributed by atoms with Crippen LogP contribution in [0.5, 0.6) is 11.5 Å². The molecule has 0 atom stereocenters. The van der Waals surface area contributed by atoms with E-state index in [1.807, 2.05) is 0 Å². The van der Waals surface area contributed by atoms with Gasteiger partial charge in [-0.2, -0.15) is 0 Å². The quantitative estimate of drug-likeness (QED) is 0.360. The van der Waals surface area contributed by atoms with E-state index in [0.29, 0.717) is 28.2 Å². The van der Waals surface area contributed by atoms with Gasteiger partial charge in [-0.1, -0.05) is 6.07 Å². The first-order valence-corrected chi connectivity index (χ1v) is 10.8. The van der Waals surface area contributed by atoms with E-state index in [0.717, 1.165) is 0 Å². The minimum absolute atomic E-state index is 0.0506. The number of nitrogens with zero attached hydrogens (tertiary/aromatic N) is 4. The van der Waals surface area contributed by atoms with Crippen LogP contribution in [0, 0.1) is 11.6 Å². The third-order valence-corrected chi connectivity index (χ3v) is 5.59. The molecule has 2 aromatic carbocycles. The number of pyridine rings is 2. The molecule has 0 aliphatic rings. The number of imidazole rings is 1. The van der Waals surface area contributed by atoms with Crippen LogP contribution in [0.25, 0.3) is 16.9 Å². The summed E-state index contributed by atoms with van der Waals surface area (Å²) >= 11 is 0. The zero-order chi connectivity index (χ0) is 25.4. The van der Waals surface area contributed by atoms with Crippen molar-refractivity contribution in [3.05, 3.63) is 106 Å². The second-order valence-corrected chi connectivity index (χ2v) is 8.12. The number of carbonyl (C=O) groups is 1. The number of aromatic nitrogens is 4. The van der Waals surface area contributed by atoms with E-state index in [9.17, 15) is 18.4 Å². The molecule has 0 amide bonds. The van der Waals surface area contributed by atoms with Gasteiger partial charge in [0.25, 0.3) is 5.56 Å². The predicted molar refractivity (Wildman–Crippen MR) is 129 cm³/mol. The number of ether oxygens (including phenoxy) is 1. The number of ketones is 1. The summed E-state index contributed by atoms with van der Waals surface area (Å²) in [6.07, 6.45) is 2.73. The van der Waals surface area contributed by atoms with Crippen LogP contribution in [-0.4, -0.2) is 24.9 Å². The van der Waals surface area contributed by atoms with Crippen LogP contribution in [0.2, 0.25) is 0 Å². The third-order valence-electron chi connectivity index (χ3n) is 5.59. The molecule has 2 N–H and O–H groups in total. The van der Waals surface area contributed by atoms with Gasteiger partial charge in [-0.25, -0.2) is 18.7 Å². The lowest BCUT2D eigenvalue weighted by Crippen LogP contribution is -2.27. The maximum Gasteiger partial charge on any atom is 0.267 e. The van der Waals surface area contributed by atoms with Gasteiger partial charge in [-0.05, 0) is 54.1 Å². The van der Waals surface area contributed by atoms with Crippen molar-refractivity contribution in [1.82, 2.24) is 19.1 Å². The van der Waals surface area contributed by atoms with Crippen LogP contribution in [0.1, 0.15) is 15.9 Å². The van der Waals surface area contributed by atoms with Crippen molar-refractivity contribution in [2.75, 3.05) is 5.73 Å². The smallest absolute Gasteiger partial charge is 0.267 e. The molecule has 0 bridgehead atoms. The van der Waals surface area contributed by atoms with Gasteiger partial charge >= 0.3 is 0 Å². The Kier molecular flexibility index (Phi) is 5.77. The zero-order valence-corrected chi connectivity index (χ0v) is 19.0. The highest BCUT2D eigenvalue weighted by Crippen LogP contribution is 2.26. The number of nitrogens with two attached hydrogens (primary N) is 1. The number of fused-ring (bicyclic) bond motifs is 1. The number of carbonyl (C=O) groups excluding carboxylic acids is 1. The van der Waals surface area contributed by atoms with E-state index >= 15 is 0 Å². The number of hydrogen-bond acceptors (Lipinski definition) is 6. The number of nitrogen functional groups attached to an aromatic ring is 1. The largest absolute Gasteiger partial charge is 0.454 e. The van der Waals surface area contributed by atoms with Crippen LogP contribution in [0.15, 0.2) is 78.0 Å². The SMILES string of the molecule is Cn1cnc2cc(C(=O)Cc3ccc(Oc4ccnc(N)c4)c(F)c3)c(=O)n(-c3ccc(F)cc3)c21. The molecule has 0 fully saturated rings. The molecule has 8 nitrogen and oxygen atoms in total. The Bertz CT molecular complexity index is 1680. The molecule has 0 saturated heterocycles. The summed E-state index contributed by atoms with van der Waals surface area (Å²) in [7, 11) is 1.71. The number of rotatable bonds is 6. The number of halogens is 2. The lowest BCUT2D eigenvalue weighted by Gasteiger charge is -2.12. The molecule has 3 heterocycles. The Hall–Kier alpha value is -4.86. The van der Waals surface area contributed by atoms with Crippen molar-refractivity contribution < 1.29 is 18.3 Å². The highest BCUT2D eigenvalue weighted by molar-refractivity contribution is 5.99. The minimum Gasteiger partial charge on any atom is -0.454 e. The fourth-order valence-corrected chi connectivity index (χ4v) is 3.90. The molecule has 10 heteroatoms. The van der Waals surface area contributed by atoms with Crippen molar-refractivity contribution >= 4 is 22.8 Å². The fraction of sp³-hybridized carbons (Fsp3) is 0.0769. The average molecular weight is 487 g/mol. The Morgan fingerprint density at radius 1 is 1.03 bits per heavy atom. The molecule has 0 aliphatic heterocycles. The lowest BCUT2D eigenvalue weighted by molar-refractivity contribution is 0.0991. The van der Waals surface area contributed by atoms with E-state index in [-0.39, 0.29) is 23.6 Å². The van der Waals surface area contributed by atoms with E-state index in [2.05, 4.69) is 9.97 Å². The molecule has 0 spiro atoms. The molecule has 0 saturated carbocycles. The van der Waals surface area contributed by atoms with Crippen molar-refractivity contribution in [3.63, 3.8) is 0 Å². The van der Waals surface area contributed by atoms with Gasteiger partial charge in [0.15, 0.2) is 17.3 Å². The number of aryl methyl sites for hydroxylation is 1. The number of Topliss-reactive ketones (excluding diaryl/α,β-unsaturated/α-hetero) is 1. The summed E-state index contributed by atoms with van der Waals surface area (Å²) in [5.74, 6) is -1.16. The van der Waals surface area contributed by atoms with Crippen molar-refractivity contribution in [2.24, 2.45) is 7.05 Å². The normalized spacial score (nSPS) is 11.1. The molecule has 5 aromatic rings. The molecule has 5 rings (SSSR count). The molecule has 3 aromatic heterocycles. The van der Waals surface area contributed by atoms with Gasteiger partial charge in [0.2, 0.25) is 0 Å². The topological polar surface area (TPSA) is 105 Å². The summed E-state index contributed by atoms with van der Waals surface area (Å²) in [6.45, 7) is 0. The van der Waals surface area contributed by atoms with Gasteiger partial charge < -0.3 is 15.0 Å². The molecule has 180 valence electrons. The lowest BCUT2D eigenvalue weighted by atomic mass is 10.0. The number of hydrogen-bond donors (Lipinski definition) is 1. The van der Waals surface area contributed by atoms with Gasteiger partial charge in [0.1, 0.15) is 28.5 Å². The highest BCUT2D eigenvalue weighted by Gasteiger charge is 2.20. The van der Waals surface area contributed by atoms with Crippen LogP contribution in [0.4, 0.5) is 14.6 Å². The monoisotopic (exact) mass is 487 g/mol. The molecule has 0 unspecified atom stereocenters. The van der Waals surface area contributed by atoms with E-state index in [1.165, 1.54) is 71.7 Å². The van der Waals surface area contributed by atoms with E-state index < -0.39 is 23.0 Å². The van der Waals surface area contributed by atoms with Gasteiger partial charge in [0.05, 0.1) is 17.6 Å². The molecule has 0 aliphatic carbocycles. The summed E-state index contributed by atoms with van der Waals surface area (Å²) in [6, 6.07) is 13.9. The second kappa shape index (κ2) is 9.06. The van der Waals surface area contributed by atoms with Gasteiger partial charge in [-0.15, -0.1) is 0 Å². The summed E-state index contributed by atoms with van der Waals surface area (Å²) in [5.41, 5.74) is 6.52. The Morgan fingerprint density at radius 2 is 1.81 bits per heavy atom. The summed E-state index contributed by atoms with van der Waals surface area (Å²) in [5, 5.41) is 0.